The van der Waals surface area contributed by atoms with Gasteiger partial charge >= 0.3 is 6.18 Å². The monoisotopic (exact) mass is 349 g/mol. The average Bonchev–Trinajstić information content (AvgIpc) is 2.45. The Morgan fingerprint density at radius 1 is 1.17 bits per heavy atom. The Morgan fingerprint density at radius 2 is 1.87 bits per heavy atom. The molecule has 0 saturated carbocycles. The molecule has 0 saturated heterocycles. The van der Waals surface area contributed by atoms with Crippen molar-refractivity contribution in [2.75, 3.05) is 5.73 Å². The van der Waals surface area contributed by atoms with Crippen LogP contribution < -0.4 is 10.5 Å². The number of nitrogens with two attached hydrogens (primary N) is 1. The summed E-state index contributed by atoms with van der Waals surface area (Å²) in [6.45, 7) is -0.316. The van der Waals surface area contributed by atoms with Crippen LogP contribution in [-0.4, -0.2) is 13.4 Å². The van der Waals surface area contributed by atoms with Crippen LogP contribution in [0.15, 0.2) is 41.4 Å². The van der Waals surface area contributed by atoms with Gasteiger partial charge in [-0.05, 0) is 23.8 Å². The molecule has 0 bridgehead atoms. The van der Waals surface area contributed by atoms with Gasteiger partial charge in [0.2, 0.25) is 10.0 Å². The summed E-state index contributed by atoms with van der Waals surface area (Å²) in [5, 5.41) is 0. The highest BCUT2D eigenvalue weighted by Gasteiger charge is 2.40. The fourth-order valence-corrected chi connectivity index (χ4v) is 3.05. The molecule has 0 aliphatic carbocycles. The van der Waals surface area contributed by atoms with Crippen LogP contribution >= 0.6 is 0 Å². The summed E-state index contributed by atoms with van der Waals surface area (Å²) >= 11 is 0. The smallest absolute Gasteiger partial charge is 0.384 e. The van der Waals surface area contributed by atoms with E-state index in [-0.39, 0.29) is 12.4 Å². The van der Waals surface area contributed by atoms with Crippen molar-refractivity contribution in [3.8, 4) is 0 Å². The van der Waals surface area contributed by atoms with Gasteiger partial charge in [-0.25, -0.2) is 22.5 Å². The first-order valence-corrected chi connectivity index (χ1v) is 7.65. The largest absolute Gasteiger partial charge is 0.420 e. The van der Waals surface area contributed by atoms with Gasteiger partial charge in [-0.1, -0.05) is 12.1 Å². The van der Waals surface area contributed by atoms with Crippen molar-refractivity contribution in [2.45, 2.75) is 17.6 Å². The highest BCUT2D eigenvalue weighted by Crippen LogP contribution is 2.36. The number of hydrogen-bond acceptors (Lipinski definition) is 4. The Balaban J connectivity index is 2.33. The van der Waals surface area contributed by atoms with Gasteiger partial charge in [-0.3, -0.25) is 0 Å². The fourth-order valence-electron chi connectivity index (χ4n) is 1.80. The van der Waals surface area contributed by atoms with Gasteiger partial charge in [0, 0.05) is 12.7 Å². The van der Waals surface area contributed by atoms with Gasteiger partial charge in [0.15, 0.2) is 0 Å². The highest BCUT2D eigenvalue weighted by atomic mass is 32.2. The van der Waals surface area contributed by atoms with Crippen molar-refractivity contribution in [1.29, 1.82) is 0 Å². The Kier molecular flexibility index (Phi) is 4.57. The fraction of sp³-hybridized carbons (Fsp3) is 0.154. The zero-order valence-electron chi connectivity index (χ0n) is 11.4. The predicted molar refractivity (Wildman–Crippen MR) is 74.1 cm³/mol. The summed E-state index contributed by atoms with van der Waals surface area (Å²) < 4.78 is 78.2. The lowest BCUT2D eigenvalue weighted by Crippen LogP contribution is -2.26. The minimum Gasteiger partial charge on any atom is -0.384 e. The van der Waals surface area contributed by atoms with E-state index in [1.54, 1.807) is 0 Å². The van der Waals surface area contributed by atoms with Gasteiger partial charge in [0.1, 0.15) is 17.2 Å². The third-order valence-electron chi connectivity index (χ3n) is 2.86. The van der Waals surface area contributed by atoms with Crippen molar-refractivity contribution in [3.63, 3.8) is 0 Å². The number of nitrogens with zero attached hydrogens (tertiary/aromatic N) is 1. The third kappa shape index (κ3) is 3.96. The minimum atomic E-state index is -5.14. The topological polar surface area (TPSA) is 85.1 Å². The number of halogens is 4. The lowest BCUT2D eigenvalue weighted by Gasteiger charge is -2.14. The quantitative estimate of drug-likeness (QED) is 0.830. The second-order valence-corrected chi connectivity index (χ2v) is 6.26. The number of pyridine rings is 1. The number of aromatic nitrogens is 1. The van der Waals surface area contributed by atoms with Crippen LogP contribution in [0.1, 0.15) is 11.1 Å². The van der Waals surface area contributed by atoms with E-state index >= 15 is 0 Å². The van der Waals surface area contributed by atoms with Gasteiger partial charge in [-0.15, -0.1) is 0 Å². The molecule has 1 aromatic carbocycles. The van der Waals surface area contributed by atoms with Crippen molar-refractivity contribution in [2.24, 2.45) is 0 Å². The lowest BCUT2D eigenvalue weighted by molar-refractivity contribution is -0.142. The number of rotatable bonds is 4. The third-order valence-corrected chi connectivity index (χ3v) is 4.31. The van der Waals surface area contributed by atoms with Crippen LogP contribution in [0.4, 0.5) is 23.4 Å². The molecular weight excluding hydrogens is 338 g/mol. The number of benzene rings is 1. The molecule has 3 N–H and O–H groups in total. The SMILES string of the molecule is Nc1ccc(CNS(=O)(=O)c2cccc(F)c2C(F)(F)F)cn1. The molecule has 2 aromatic rings. The Labute approximate surface area is 129 Å². The summed E-state index contributed by atoms with van der Waals surface area (Å²) in [7, 11) is -4.57. The summed E-state index contributed by atoms with van der Waals surface area (Å²) in [6, 6.07) is 5.00. The first-order chi connectivity index (χ1) is 10.6. The van der Waals surface area contributed by atoms with Crippen LogP contribution in [-0.2, 0) is 22.7 Å². The normalized spacial score (nSPS) is 12.3. The van der Waals surface area contributed by atoms with E-state index < -0.39 is 32.5 Å². The van der Waals surface area contributed by atoms with Gasteiger partial charge in [0.25, 0.3) is 0 Å². The van der Waals surface area contributed by atoms with E-state index in [1.807, 2.05) is 4.72 Å². The molecular formula is C13H11F4N3O2S. The first kappa shape index (κ1) is 17.2. The molecule has 0 aliphatic rings. The molecule has 1 heterocycles. The number of nitrogen functional groups attached to an aromatic ring is 1. The van der Waals surface area contributed by atoms with E-state index in [9.17, 15) is 26.0 Å². The summed E-state index contributed by atoms with van der Waals surface area (Å²) in [5.41, 5.74) is 3.92. The van der Waals surface area contributed by atoms with E-state index in [2.05, 4.69) is 4.98 Å². The molecule has 5 nitrogen and oxygen atoms in total. The van der Waals surface area contributed by atoms with E-state index in [4.69, 9.17) is 5.73 Å². The standard InChI is InChI=1S/C13H11F4N3O2S/c14-9-2-1-3-10(12(9)13(15,16)17)23(21,22)20-7-8-4-5-11(18)19-6-8/h1-6,20H,7H2,(H2,18,19). The zero-order chi connectivity index (χ0) is 17.3. The Morgan fingerprint density at radius 3 is 2.43 bits per heavy atom. The molecule has 0 fully saturated rings. The van der Waals surface area contributed by atoms with Gasteiger partial charge in [0.05, 0.1) is 4.90 Å². The van der Waals surface area contributed by atoms with E-state index in [0.717, 1.165) is 6.07 Å². The van der Waals surface area contributed by atoms with Gasteiger partial charge in [-0.2, -0.15) is 13.2 Å². The van der Waals surface area contributed by atoms with Crippen molar-refractivity contribution < 1.29 is 26.0 Å². The number of alkyl halides is 3. The minimum absolute atomic E-state index is 0.209. The first-order valence-electron chi connectivity index (χ1n) is 6.17. The van der Waals surface area contributed by atoms with Crippen molar-refractivity contribution >= 4 is 15.8 Å². The van der Waals surface area contributed by atoms with Crippen LogP contribution in [0.3, 0.4) is 0 Å². The van der Waals surface area contributed by atoms with Crippen molar-refractivity contribution in [1.82, 2.24) is 9.71 Å². The van der Waals surface area contributed by atoms with E-state index in [1.165, 1.54) is 18.3 Å². The van der Waals surface area contributed by atoms with Crippen LogP contribution in [0, 0.1) is 5.82 Å². The molecule has 0 aliphatic heterocycles. The highest BCUT2D eigenvalue weighted by molar-refractivity contribution is 7.89. The second kappa shape index (κ2) is 6.13. The number of sulfonamides is 1. The maximum absolute atomic E-state index is 13.4. The molecule has 0 spiro atoms. The summed E-state index contributed by atoms with van der Waals surface area (Å²) in [5.74, 6) is -1.45. The molecule has 10 heteroatoms. The molecule has 0 unspecified atom stereocenters. The predicted octanol–water partition coefficient (Wildman–Crippen LogP) is 2.30. The van der Waals surface area contributed by atoms with Crippen LogP contribution in [0.5, 0.6) is 0 Å². The zero-order valence-corrected chi connectivity index (χ0v) is 12.2. The number of anilines is 1. The molecule has 0 atom stereocenters. The maximum Gasteiger partial charge on any atom is 0.420 e. The van der Waals surface area contributed by atoms with Crippen LogP contribution in [0.2, 0.25) is 0 Å². The molecule has 23 heavy (non-hydrogen) atoms. The second-order valence-electron chi connectivity index (χ2n) is 4.53. The summed E-state index contributed by atoms with van der Waals surface area (Å²) in [4.78, 5) is 2.55. The molecule has 0 amide bonds. The molecule has 2 rings (SSSR count). The number of nitrogens with one attached hydrogen (secondary N) is 1. The molecule has 0 radical (unpaired) electrons. The summed E-state index contributed by atoms with van der Waals surface area (Å²) in [6.07, 6.45) is -3.87. The maximum atomic E-state index is 13.4. The lowest BCUT2D eigenvalue weighted by atomic mass is 10.2. The Hall–Kier alpha value is -2.20. The van der Waals surface area contributed by atoms with E-state index in [0.29, 0.717) is 17.7 Å². The van der Waals surface area contributed by atoms with Crippen molar-refractivity contribution in [3.05, 3.63) is 53.5 Å². The van der Waals surface area contributed by atoms with Crippen LogP contribution in [0.25, 0.3) is 0 Å². The van der Waals surface area contributed by atoms with Gasteiger partial charge < -0.3 is 5.73 Å². The average molecular weight is 349 g/mol. The molecule has 1 aromatic heterocycles. The Bertz CT molecular complexity index is 805. The number of hydrogen-bond donors (Lipinski definition) is 2. The molecule has 124 valence electrons.